The third kappa shape index (κ3) is 2.37. The molecular formula is C19H17N3OS. The molecule has 4 aromatic rings. The number of anilines is 1. The molecule has 0 aliphatic carbocycles. The molecule has 0 aliphatic heterocycles. The summed E-state index contributed by atoms with van der Waals surface area (Å²) < 4.78 is 6.49. The molecule has 4 nitrogen and oxygen atoms in total. The molecule has 0 saturated carbocycles. The van der Waals surface area contributed by atoms with Crippen molar-refractivity contribution in [3.8, 4) is 22.3 Å². The van der Waals surface area contributed by atoms with Crippen molar-refractivity contribution in [3.63, 3.8) is 0 Å². The lowest BCUT2D eigenvalue weighted by Crippen LogP contribution is -1.87. The summed E-state index contributed by atoms with van der Waals surface area (Å²) in [5, 5.41) is 8.13. The van der Waals surface area contributed by atoms with E-state index >= 15 is 0 Å². The lowest BCUT2D eigenvalue weighted by atomic mass is 9.98. The van der Waals surface area contributed by atoms with Crippen LogP contribution in [0, 0.1) is 13.8 Å². The van der Waals surface area contributed by atoms with E-state index in [9.17, 15) is 0 Å². The van der Waals surface area contributed by atoms with E-state index in [1.54, 1.807) is 11.3 Å². The van der Waals surface area contributed by atoms with Crippen molar-refractivity contribution >= 4 is 26.7 Å². The van der Waals surface area contributed by atoms with E-state index in [1.807, 2.05) is 20.9 Å². The lowest BCUT2D eigenvalue weighted by molar-refractivity contribution is 0.393. The Morgan fingerprint density at radius 2 is 1.83 bits per heavy atom. The van der Waals surface area contributed by atoms with Gasteiger partial charge in [0.15, 0.2) is 5.13 Å². The molecule has 1 N–H and O–H groups in total. The van der Waals surface area contributed by atoms with Gasteiger partial charge in [-0.25, -0.2) is 4.98 Å². The van der Waals surface area contributed by atoms with E-state index in [2.05, 4.69) is 52.9 Å². The van der Waals surface area contributed by atoms with Crippen LogP contribution in [-0.4, -0.2) is 17.2 Å². The van der Waals surface area contributed by atoms with Crippen LogP contribution in [0.2, 0.25) is 0 Å². The Labute approximate surface area is 144 Å². The van der Waals surface area contributed by atoms with Crippen LogP contribution in [0.25, 0.3) is 32.5 Å². The molecule has 0 fully saturated rings. The first-order chi connectivity index (χ1) is 11.7. The van der Waals surface area contributed by atoms with E-state index in [0.29, 0.717) is 0 Å². The molecule has 5 heteroatoms. The maximum absolute atomic E-state index is 5.31. The Hall–Kier alpha value is -2.66. The summed E-state index contributed by atoms with van der Waals surface area (Å²) >= 11 is 1.67. The number of benzene rings is 2. The van der Waals surface area contributed by atoms with Crippen LogP contribution in [0.15, 0.2) is 47.0 Å². The maximum Gasteiger partial charge on any atom is 0.183 e. The molecular weight excluding hydrogens is 318 g/mol. The van der Waals surface area contributed by atoms with Gasteiger partial charge in [0.25, 0.3) is 0 Å². The van der Waals surface area contributed by atoms with Gasteiger partial charge < -0.3 is 9.84 Å². The molecule has 0 spiro atoms. The molecule has 2 heterocycles. The van der Waals surface area contributed by atoms with Crippen LogP contribution >= 0.6 is 11.3 Å². The normalized spacial score (nSPS) is 11.1. The molecule has 0 atom stereocenters. The lowest BCUT2D eigenvalue weighted by Gasteiger charge is -2.06. The number of nitrogens with zero attached hydrogens (tertiary/aromatic N) is 2. The van der Waals surface area contributed by atoms with E-state index in [-0.39, 0.29) is 0 Å². The number of para-hydroxylation sites is 1. The molecule has 120 valence electrons. The number of fused-ring (bicyclic) bond motifs is 1. The van der Waals surface area contributed by atoms with Gasteiger partial charge >= 0.3 is 0 Å². The summed E-state index contributed by atoms with van der Waals surface area (Å²) in [5.74, 6) is 0.842. The number of aryl methyl sites for hydroxylation is 2. The van der Waals surface area contributed by atoms with Crippen molar-refractivity contribution in [1.29, 1.82) is 0 Å². The van der Waals surface area contributed by atoms with Gasteiger partial charge in [0.2, 0.25) is 0 Å². The smallest absolute Gasteiger partial charge is 0.183 e. The minimum absolute atomic E-state index is 0.842. The SMILES string of the molecule is CNc1nc2c(-c3cccc(-c4c(C)noc4C)c3)cccc2s1. The molecule has 2 aromatic carbocycles. The standard InChI is InChI=1S/C19H17N3OS/c1-11-17(12(2)23-22-11)14-7-4-6-13(10-14)15-8-5-9-16-18(15)21-19(20-3)24-16/h4-10H,1-3H3,(H,20,21). The molecule has 24 heavy (non-hydrogen) atoms. The third-order valence-corrected chi connectivity index (χ3v) is 5.17. The van der Waals surface area contributed by atoms with Gasteiger partial charge in [-0.2, -0.15) is 0 Å². The first-order valence-electron chi connectivity index (χ1n) is 7.78. The van der Waals surface area contributed by atoms with Crippen molar-refractivity contribution < 1.29 is 4.52 Å². The quantitative estimate of drug-likeness (QED) is 0.553. The van der Waals surface area contributed by atoms with Crippen molar-refractivity contribution in [1.82, 2.24) is 10.1 Å². The van der Waals surface area contributed by atoms with Gasteiger partial charge in [-0.15, -0.1) is 0 Å². The summed E-state index contributed by atoms with van der Waals surface area (Å²) in [6.07, 6.45) is 0. The summed E-state index contributed by atoms with van der Waals surface area (Å²) in [6, 6.07) is 14.8. The largest absolute Gasteiger partial charge is 0.365 e. The number of nitrogens with one attached hydrogen (secondary N) is 1. The molecule has 2 aromatic heterocycles. The number of hydrogen-bond donors (Lipinski definition) is 1. The number of aromatic nitrogens is 2. The van der Waals surface area contributed by atoms with Gasteiger partial charge in [0.1, 0.15) is 5.76 Å². The average Bonchev–Trinajstić information content (AvgIpc) is 3.17. The fraction of sp³-hybridized carbons (Fsp3) is 0.158. The van der Waals surface area contributed by atoms with Crippen molar-refractivity contribution in [2.45, 2.75) is 13.8 Å². The van der Waals surface area contributed by atoms with Crippen LogP contribution < -0.4 is 5.32 Å². The zero-order chi connectivity index (χ0) is 16.7. The van der Waals surface area contributed by atoms with Crippen LogP contribution in [0.5, 0.6) is 0 Å². The number of hydrogen-bond acceptors (Lipinski definition) is 5. The van der Waals surface area contributed by atoms with E-state index < -0.39 is 0 Å². The van der Waals surface area contributed by atoms with Crippen molar-refractivity contribution in [3.05, 3.63) is 53.9 Å². The molecule has 0 radical (unpaired) electrons. The predicted octanol–water partition coefficient (Wildman–Crippen LogP) is 5.28. The number of rotatable bonds is 3. The summed E-state index contributed by atoms with van der Waals surface area (Å²) in [7, 11) is 1.90. The van der Waals surface area contributed by atoms with Gasteiger partial charge in [-0.1, -0.05) is 46.8 Å². The summed E-state index contributed by atoms with van der Waals surface area (Å²) in [6.45, 7) is 3.92. The van der Waals surface area contributed by atoms with Crippen LogP contribution in [0.4, 0.5) is 5.13 Å². The zero-order valence-electron chi connectivity index (χ0n) is 13.8. The highest BCUT2D eigenvalue weighted by molar-refractivity contribution is 7.22. The highest BCUT2D eigenvalue weighted by atomic mass is 32.1. The monoisotopic (exact) mass is 335 g/mol. The minimum atomic E-state index is 0.842. The second kappa shape index (κ2) is 5.76. The molecule has 4 rings (SSSR count). The van der Waals surface area contributed by atoms with Crippen molar-refractivity contribution in [2.24, 2.45) is 0 Å². The molecule has 0 aliphatic rings. The Balaban J connectivity index is 1.89. The average molecular weight is 335 g/mol. The molecule has 0 bridgehead atoms. The maximum atomic E-state index is 5.31. The third-order valence-electron chi connectivity index (χ3n) is 4.13. The summed E-state index contributed by atoms with van der Waals surface area (Å²) in [4.78, 5) is 4.71. The molecule has 0 saturated heterocycles. The van der Waals surface area contributed by atoms with Crippen LogP contribution in [0.3, 0.4) is 0 Å². The first-order valence-corrected chi connectivity index (χ1v) is 8.60. The molecule has 0 unspecified atom stereocenters. The Kier molecular flexibility index (Phi) is 3.58. The molecule has 0 amide bonds. The number of thiazole rings is 1. The van der Waals surface area contributed by atoms with E-state index in [0.717, 1.165) is 44.4 Å². The minimum Gasteiger partial charge on any atom is -0.365 e. The second-order valence-corrected chi connectivity index (χ2v) is 6.73. The van der Waals surface area contributed by atoms with Crippen LogP contribution in [-0.2, 0) is 0 Å². The fourth-order valence-electron chi connectivity index (χ4n) is 3.03. The summed E-state index contributed by atoms with van der Waals surface area (Å²) in [5.41, 5.74) is 6.41. The van der Waals surface area contributed by atoms with Gasteiger partial charge in [0.05, 0.1) is 15.9 Å². The van der Waals surface area contributed by atoms with Crippen molar-refractivity contribution in [2.75, 3.05) is 12.4 Å². The zero-order valence-corrected chi connectivity index (χ0v) is 14.6. The van der Waals surface area contributed by atoms with Gasteiger partial charge in [-0.3, -0.25) is 0 Å². The Morgan fingerprint density at radius 3 is 2.58 bits per heavy atom. The first kappa shape index (κ1) is 14.9. The van der Waals surface area contributed by atoms with E-state index in [1.165, 1.54) is 4.70 Å². The topological polar surface area (TPSA) is 51.0 Å². The van der Waals surface area contributed by atoms with Crippen LogP contribution in [0.1, 0.15) is 11.5 Å². The Bertz CT molecular complexity index is 1010. The Morgan fingerprint density at radius 1 is 1.04 bits per heavy atom. The highest BCUT2D eigenvalue weighted by Crippen LogP contribution is 2.36. The van der Waals surface area contributed by atoms with Gasteiger partial charge in [0, 0.05) is 18.2 Å². The fourth-order valence-corrected chi connectivity index (χ4v) is 3.87. The van der Waals surface area contributed by atoms with Gasteiger partial charge in [-0.05, 0) is 37.1 Å². The van der Waals surface area contributed by atoms with E-state index in [4.69, 9.17) is 9.51 Å². The second-order valence-electron chi connectivity index (χ2n) is 5.70. The highest BCUT2D eigenvalue weighted by Gasteiger charge is 2.14. The predicted molar refractivity (Wildman–Crippen MR) is 99.6 cm³/mol.